The van der Waals surface area contributed by atoms with Gasteiger partial charge in [-0.2, -0.15) is 0 Å². The number of carboxylic acids is 1. The Hall–Kier alpha value is -3.26. The molecule has 1 aromatic carbocycles. The number of nitrogens with one attached hydrogen (secondary N) is 1. The highest BCUT2D eigenvalue weighted by Gasteiger charge is 2.16. The summed E-state index contributed by atoms with van der Waals surface area (Å²) in [6.07, 6.45) is 0.754. The van der Waals surface area contributed by atoms with Crippen molar-refractivity contribution in [3.63, 3.8) is 0 Å². The second-order valence-corrected chi connectivity index (χ2v) is 8.15. The van der Waals surface area contributed by atoms with Gasteiger partial charge in [0.05, 0.1) is 16.2 Å². The fourth-order valence-corrected chi connectivity index (χ4v) is 4.01. The Bertz CT molecular complexity index is 1070. The van der Waals surface area contributed by atoms with Gasteiger partial charge in [0.1, 0.15) is 5.82 Å². The van der Waals surface area contributed by atoms with Crippen molar-refractivity contribution in [2.75, 3.05) is 19.4 Å². The summed E-state index contributed by atoms with van der Waals surface area (Å²) in [7, 11) is 3.45. The normalized spacial score (nSPS) is 10.7. The average Bonchev–Trinajstić information content (AvgIpc) is 3.18. The molecule has 0 aliphatic rings. The second kappa shape index (κ2) is 9.04. The van der Waals surface area contributed by atoms with Crippen LogP contribution in [0, 0.1) is 6.92 Å². The lowest BCUT2D eigenvalue weighted by Gasteiger charge is -2.14. The number of rotatable bonds is 7. The Morgan fingerprint density at radius 3 is 2.40 bits per heavy atom. The van der Waals surface area contributed by atoms with Crippen LogP contribution >= 0.6 is 11.3 Å². The average molecular weight is 425 g/mol. The van der Waals surface area contributed by atoms with E-state index >= 15 is 0 Å². The number of thiophene rings is 1. The molecular weight excluding hydrogens is 400 g/mol. The van der Waals surface area contributed by atoms with E-state index in [1.807, 2.05) is 32.0 Å². The monoisotopic (exact) mass is 424 g/mol. The summed E-state index contributed by atoms with van der Waals surface area (Å²) in [6, 6.07) is 10.9. The summed E-state index contributed by atoms with van der Waals surface area (Å²) in [6.45, 7) is 4.00. The smallest absolute Gasteiger partial charge is 0.307 e. The maximum Gasteiger partial charge on any atom is 0.307 e. The van der Waals surface area contributed by atoms with Gasteiger partial charge in [-0.3, -0.25) is 9.59 Å². The van der Waals surface area contributed by atoms with E-state index in [4.69, 9.17) is 10.1 Å². The van der Waals surface area contributed by atoms with Gasteiger partial charge in [0, 0.05) is 31.0 Å². The number of carboxylic acid groups (broad SMARTS) is 1. The summed E-state index contributed by atoms with van der Waals surface area (Å²) >= 11 is 1.37. The van der Waals surface area contributed by atoms with Gasteiger partial charge in [-0.25, -0.2) is 9.97 Å². The van der Waals surface area contributed by atoms with Crippen LogP contribution in [0.4, 0.5) is 11.5 Å². The molecule has 0 fully saturated rings. The third-order valence-electron chi connectivity index (χ3n) is 4.58. The van der Waals surface area contributed by atoms with Gasteiger partial charge in [0.25, 0.3) is 5.91 Å². The Morgan fingerprint density at radius 1 is 1.10 bits per heavy atom. The molecule has 0 unspecified atom stereocenters. The molecule has 1 amide bonds. The fraction of sp³-hybridized carbons (Fsp3) is 0.273. The maximum absolute atomic E-state index is 12.2. The Morgan fingerprint density at radius 2 is 1.80 bits per heavy atom. The van der Waals surface area contributed by atoms with Crippen molar-refractivity contribution in [1.29, 1.82) is 0 Å². The van der Waals surface area contributed by atoms with Crippen LogP contribution in [0.25, 0.3) is 10.7 Å². The van der Waals surface area contributed by atoms with Crippen LogP contribution in [0.3, 0.4) is 0 Å². The highest BCUT2D eigenvalue weighted by molar-refractivity contribution is 7.17. The molecule has 156 valence electrons. The van der Waals surface area contributed by atoms with Gasteiger partial charge >= 0.3 is 5.97 Å². The zero-order valence-corrected chi connectivity index (χ0v) is 18.2. The largest absolute Gasteiger partial charge is 0.481 e. The van der Waals surface area contributed by atoms with Gasteiger partial charge in [0.15, 0.2) is 5.82 Å². The van der Waals surface area contributed by atoms with Crippen LogP contribution < -0.4 is 5.32 Å². The van der Waals surface area contributed by atoms with Gasteiger partial charge in [-0.1, -0.05) is 19.1 Å². The number of amides is 1. The number of carbonyl (C=O) groups is 2. The minimum absolute atomic E-state index is 0.0103. The van der Waals surface area contributed by atoms with Crippen LogP contribution in [0.1, 0.15) is 33.4 Å². The van der Waals surface area contributed by atoms with E-state index in [9.17, 15) is 9.59 Å². The van der Waals surface area contributed by atoms with E-state index in [-0.39, 0.29) is 12.3 Å². The second-order valence-electron chi connectivity index (χ2n) is 7.07. The molecular formula is C22H24N4O3S. The first-order valence-corrected chi connectivity index (χ1v) is 10.4. The molecule has 0 spiro atoms. The van der Waals surface area contributed by atoms with E-state index in [1.54, 1.807) is 37.2 Å². The molecule has 2 aromatic heterocycles. The van der Waals surface area contributed by atoms with E-state index in [0.717, 1.165) is 33.8 Å². The van der Waals surface area contributed by atoms with Gasteiger partial charge in [-0.15, -0.1) is 11.3 Å². The number of hydrogen-bond donors (Lipinski definition) is 2. The number of anilines is 2. The molecule has 30 heavy (non-hydrogen) atoms. The maximum atomic E-state index is 12.2. The lowest BCUT2D eigenvalue weighted by atomic mass is 10.1. The molecule has 0 saturated carbocycles. The first-order chi connectivity index (χ1) is 14.3. The number of carbonyl (C=O) groups excluding carboxylic acids is 1. The number of hydrogen-bond acceptors (Lipinski definition) is 6. The summed E-state index contributed by atoms with van der Waals surface area (Å²) in [5.41, 5.74) is 3.44. The predicted molar refractivity (Wildman–Crippen MR) is 119 cm³/mol. The van der Waals surface area contributed by atoms with Crippen molar-refractivity contribution < 1.29 is 14.7 Å². The third-order valence-corrected chi connectivity index (χ3v) is 5.65. The number of aryl methyl sites for hydroxylation is 1. The number of aromatic nitrogens is 2. The van der Waals surface area contributed by atoms with Crippen LogP contribution in [0.2, 0.25) is 0 Å². The summed E-state index contributed by atoms with van der Waals surface area (Å²) in [5, 5.41) is 12.3. The van der Waals surface area contributed by atoms with Crippen molar-refractivity contribution in [3.05, 3.63) is 58.1 Å². The van der Waals surface area contributed by atoms with Gasteiger partial charge in [0.2, 0.25) is 0 Å². The molecule has 0 radical (unpaired) electrons. The Labute approximate surface area is 179 Å². The van der Waals surface area contributed by atoms with Crippen LogP contribution in [0.5, 0.6) is 0 Å². The third kappa shape index (κ3) is 4.83. The minimum atomic E-state index is -0.858. The van der Waals surface area contributed by atoms with E-state index in [0.29, 0.717) is 16.5 Å². The van der Waals surface area contributed by atoms with E-state index in [2.05, 4.69) is 10.3 Å². The molecule has 0 bridgehead atoms. The summed E-state index contributed by atoms with van der Waals surface area (Å²) in [4.78, 5) is 35.5. The fourth-order valence-electron chi connectivity index (χ4n) is 3.04. The molecule has 7 nitrogen and oxygen atoms in total. The van der Waals surface area contributed by atoms with Crippen molar-refractivity contribution in [3.8, 4) is 10.7 Å². The van der Waals surface area contributed by atoms with Crippen molar-refractivity contribution >= 4 is 34.7 Å². The molecule has 3 aromatic rings. The first kappa shape index (κ1) is 21.4. The van der Waals surface area contributed by atoms with Crippen LogP contribution in [0.15, 0.2) is 36.4 Å². The molecule has 0 atom stereocenters. The van der Waals surface area contributed by atoms with E-state index < -0.39 is 5.97 Å². The summed E-state index contributed by atoms with van der Waals surface area (Å²) < 4.78 is 0. The van der Waals surface area contributed by atoms with Crippen LogP contribution in [-0.2, 0) is 17.6 Å². The van der Waals surface area contributed by atoms with Crippen molar-refractivity contribution in [2.45, 2.75) is 26.7 Å². The predicted octanol–water partition coefficient (Wildman–Crippen LogP) is 4.15. The standard InChI is InChI=1S/C22H24N4O3S/c1-5-16-13(2)23-21(17-10-11-18(30-17)22(29)26(3)4)25-20(16)24-15-8-6-14(7-9-15)12-19(27)28/h6-11H,5,12H2,1-4H3,(H,27,28)(H,23,24,25). The summed E-state index contributed by atoms with van der Waals surface area (Å²) in [5.74, 6) is 0.369. The zero-order chi connectivity index (χ0) is 21.8. The number of aliphatic carboxylic acids is 1. The molecule has 2 N–H and O–H groups in total. The molecule has 3 rings (SSSR count). The highest BCUT2D eigenvalue weighted by Crippen LogP contribution is 2.30. The minimum Gasteiger partial charge on any atom is -0.481 e. The number of nitrogens with zero attached hydrogens (tertiary/aromatic N) is 3. The van der Waals surface area contributed by atoms with Crippen LogP contribution in [-0.4, -0.2) is 45.9 Å². The molecule has 2 heterocycles. The molecule has 8 heteroatoms. The highest BCUT2D eigenvalue weighted by atomic mass is 32.1. The Kier molecular flexibility index (Phi) is 6.47. The Balaban J connectivity index is 1.92. The zero-order valence-electron chi connectivity index (χ0n) is 17.4. The molecule has 0 aliphatic carbocycles. The molecule has 0 aliphatic heterocycles. The lowest BCUT2D eigenvalue weighted by molar-refractivity contribution is -0.136. The lowest BCUT2D eigenvalue weighted by Crippen LogP contribution is -2.20. The van der Waals surface area contributed by atoms with E-state index in [1.165, 1.54) is 11.3 Å². The van der Waals surface area contributed by atoms with Crippen molar-refractivity contribution in [1.82, 2.24) is 14.9 Å². The van der Waals surface area contributed by atoms with Gasteiger partial charge in [-0.05, 0) is 43.2 Å². The van der Waals surface area contributed by atoms with Crippen molar-refractivity contribution in [2.24, 2.45) is 0 Å². The quantitative estimate of drug-likeness (QED) is 0.592. The topological polar surface area (TPSA) is 95.4 Å². The first-order valence-electron chi connectivity index (χ1n) is 9.55. The number of benzene rings is 1. The SMILES string of the molecule is CCc1c(C)nc(-c2ccc(C(=O)N(C)C)s2)nc1Nc1ccc(CC(=O)O)cc1. The molecule has 0 saturated heterocycles. The van der Waals surface area contributed by atoms with Gasteiger partial charge < -0.3 is 15.3 Å².